The Bertz CT molecular complexity index is 287. The van der Waals surface area contributed by atoms with Crippen LogP contribution in [0.25, 0.3) is 0 Å². The Balaban J connectivity index is 2.67. The molecule has 1 aliphatic rings. The molecule has 0 spiro atoms. The number of rotatable bonds is 4. The van der Waals surface area contributed by atoms with E-state index in [0.717, 1.165) is 18.4 Å². The fourth-order valence-corrected chi connectivity index (χ4v) is 2.59. The highest BCUT2D eigenvalue weighted by molar-refractivity contribution is 7.54. The summed E-state index contributed by atoms with van der Waals surface area (Å²) in [5.74, 6) is 0.102. The fraction of sp³-hybridized carbons (Fsp3) is 0.667. The molecule has 0 amide bonds. The summed E-state index contributed by atoms with van der Waals surface area (Å²) in [5.41, 5.74) is 0.869. The molecule has 0 unspecified atom stereocenters. The smallest absolute Gasteiger partial charge is 0.312 e. The minimum atomic E-state index is -3.00. The van der Waals surface area contributed by atoms with Crippen molar-refractivity contribution in [3.05, 3.63) is 11.6 Å². The van der Waals surface area contributed by atoms with Gasteiger partial charge in [0.05, 0.1) is 6.16 Å². The third-order valence-corrected chi connectivity index (χ3v) is 4.15. The number of carbonyl (C=O) groups excluding carboxylic acids is 1. The zero-order chi connectivity index (χ0) is 10.6. The maximum Gasteiger partial charge on any atom is 0.334 e. The van der Waals surface area contributed by atoms with Crippen molar-refractivity contribution < 1.29 is 18.4 Å². The summed E-state index contributed by atoms with van der Waals surface area (Å²) in [7, 11) is -0.283. The highest BCUT2D eigenvalue weighted by atomic mass is 31.2. The van der Waals surface area contributed by atoms with Gasteiger partial charge in [-0.2, -0.15) is 0 Å². The van der Waals surface area contributed by atoms with Gasteiger partial charge in [0.1, 0.15) is 0 Å². The molecule has 80 valence electrons. The molecule has 1 rings (SSSR count). The van der Waals surface area contributed by atoms with Gasteiger partial charge in [0.25, 0.3) is 0 Å². The van der Waals surface area contributed by atoms with Crippen LogP contribution in [0.1, 0.15) is 19.3 Å². The van der Waals surface area contributed by atoms with Gasteiger partial charge in [-0.1, -0.05) is 5.57 Å². The summed E-state index contributed by atoms with van der Waals surface area (Å²) >= 11 is 0. The maximum absolute atomic E-state index is 11.7. The second-order valence-corrected chi connectivity index (χ2v) is 5.52. The molecule has 0 atom stereocenters. The Morgan fingerprint density at radius 3 is 2.50 bits per heavy atom. The molecular formula is C9H15O4P. The second kappa shape index (κ2) is 4.87. The van der Waals surface area contributed by atoms with Crippen LogP contribution in [0, 0.1) is 0 Å². The van der Waals surface area contributed by atoms with Crippen LogP contribution in [0.2, 0.25) is 0 Å². The highest BCUT2D eigenvalue weighted by Crippen LogP contribution is 2.48. The quantitative estimate of drug-likeness (QED) is 0.678. The Morgan fingerprint density at radius 2 is 2.00 bits per heavy atom. The predicted octanol–water partition coefficient (Wildman–Crippen LogP) is 2.15. The largest absolute Gasteiger partial charge is 0.334 e. The minimum absolute atomic E-state index is 0.102. The van der Waals surface area contributed by atoms with E-state index < -0.39 is 7.60 Å². The summed E-state index contributed by atoms with van der Waals surface area (Å²) in [6.07, 6.45) is 4.02. The lowest BCUT2D eigenvalue weighted by molar-refractivity contribution is -0.115. The number of carbonyl (C=O) groups is 1. The van der Waals surface area contributed by atoms with Crippen LogP contribution >= 0.6 is 7.60 Å². The van der Waals surface area contributed by atoms with Crippen molar-refractivity contribution in [2.24, 2.45) is 0 Å². The lowest BCUT2D eigenvalue weighted by Gasteiger charge is -2.17. The summed E-state index contributed by atoms with van der Waals surface area (Å²) in [6, 6.07) is 0. The maximum atomic E-state index is 11.7. The molecule has 0 aliphatic heterocycles. The Hall–Kier alpha value is -0.440. The molecule has 4 nitrogen and oxygen atoms in total. The van der Waals surface area contributed by atoms with E-state index in [0.29, 0.717) is 6.42 Å². The number of hydrogen-bond acceptors (Lipinski definition) is 4. The third kappa shape index (κ3) is 3.05. The van der Waals surface area contributed by atoms with Crippen LogP contribution in [0.3, 0.4) is 0 Å². The van der Waals surface area contributed by atoms with Gasteiger partial charge < -0.3 is 9.05 Å². The zero-order valence-electron chi connectivity index (χ0n) is 8.49. The standard InChI is InChI=1S/C9H15O4P/c1-12-14(11,13-2)7-8-4-3-5-9(10)6-8/h6H,3-5,7H2,1-2H3. The van der Waals surface area contributed by atoms with Gasteiger partial charge in [-0.3, -0.25) is 9.36 Å². The average molecular weight is 218 g/mol. The van der Waals surface area contributed by atoms with Crippen molar-refractivity contribution >= 4 is 13.4 Å². The molecule has 0 aromatic rings. The van der Waals surface area contributed by atoms with Crippen molar-refractivity contribution in [3.63, 3.8) is 0 Å². The fourth-order valence-electron chi connectivity index (χ4n) is 1.44. The van der Waals surface area contributed by atoms with Gasteiger partial charge >= 0.3 is 7.60 Å². The first-order valence-corrected chi connectivity index (χ1v) is 6.25. The molecule has 0 fully saturated rings. The van der Waals surface area contributed by atoms with Crippen LogP contribution in [0.4, 0.5) is 0 Å². The monoisotopic (exact) mass is 218 g/mol. The van der Waals surface area contributed by atoms with E-state index in [1.54, 1.807) is 6.08 Å². The molecule has 0 aromatic carbocycles. The first-order chi connectivity index (χ1) is 6.59. The Kier molecular flexibility index (Phi) is 4.05. The summed E-state index contributed by atoms with van der Waals surface area (Å²) in [5, 5.41) is 0. The SMILES string of the molecule is COP(=O)(CC1=CC(=O)CCC1)OC. The highest BCUT2D eigenvalue weighted by Gasteiger charge is 2.24. The van der Waals surface area contributed by atoms with E-state index in [-0.39, 0.29) is 11.9 Å². The predicted molar refractivity (Wildman–Crippen MR) is 53.4 cm³/mol. The minimum Gasteiger partial charge on any atom is -0.312 e. The van der Waals surface area contributed by atoms with Crippen molar-refractivity contribution in [2.75, 3.05) is 20.4 Å². The molecule has 0 heterocycles. The van der Waals surface area contributed by atoms with Gasteiger partial charge in [-0.05, 0) is 18.9 Å². The van der Waals surface area contributed by atoms with Crippen molar-refractivity contribution in [1.29, 1.82) is 0 Å². The van der Waals surface area contributed by atoms with Crippen LogP contribution < -0.4 is 0 Å². The molecule has 14 heavy (non-hydrogen) atoms. The molecule has 0 bridgehead atoms. The summed E-state index contributed by atoms with van der Waals surface area (Å²) in [4.78, 5) is 11.1. The van der Waals surface area contributed by atoms with Gasteiger partial charge in [-0.15, -0.1) is 0 Å². The molecule has 0 radical (unpaired) electrons. The number of ketones is 1. The molecule has 0 aromatic heterocycles. The van der Waals surface area contributed by atoms with Crippen molar-refractivity contribution in [2.45, 2.75) is 19.3 Å². The van der Waals surface area contributed by atoms with E-state index in [2.05, 4.69) is 0 Å². The lowest BCUT2D eigenvalue weighted by atomic mass is 10.0. The van der Waals surface area contributed by atoms with Gasteiger partial charge in [0.15, 0.2) is 5.78 Å². The third-order valence-electron chi connectivity index (χ3n) is 2.24. The van der Waals surface area contributed by atoms with E-state index in [1.165, 1.54) is 14.2 Å². The molecule has 0 saturated heterocycles. The number of allylic oxidation sites excluding steroid dienone is 2. The van der Waals surface area contributed by atoms with Crippen LogP contribution in [0.15, 0.2) is 11.6 Å². The van der Waals surface area contributed by atoms with E-state index in [1.807, 2.05) is 0 Å². The molecular weight excluding hydrogens is 203 g/mol. The van der Waals surface area contributed by atoms with Crippen LogP contribution in [-0.2, 0) is 18.4 Å². The lowest BCUT2D eigenvalue weighted by Crippen LogP contribution is -2.07. The normalized spacial score (nSPS) is 18.1. The van der Waals surface area contributed by atoms with E-state index in [4.69, 9.17) is 9.05 Å². The average Bonchev–Trinajstić information content (AvgIpc) is 2.18. The first-order valence-electron chi connectivity index (χ1n) is 4.52. The van der Waals surface area contributed by atoms with Gasteiger partial charge in [0, 0.05) is 20.6 Å². The molecule has 0 saturated carbocycles. The van der Waals surface area contributed by atoms with Crippen molar-refractivity contribution in [3.8, 4) is 0 Å². The van der Waals surface area contributed by atoms with Crippen molar-refractivity contribution in [1.82, 2.24) is 0 Å². The molecule has 1 aliphatic carbocycles. The van der Waals surface area contributed by atoms with Gasteiger partial charge in [-0.25, -0.2) is 0 Å². The Morgan fingerprint density at radius 1 is 1.36 bits per heavy atom. The van der Waals surface area contributed by atoms with E-state index in [9.17, 15) is 9.36 Å². The molecule has 5 heteroatoms. The van der Waals surface area contributed by atoms with Gasteiger partial charge in [0.2, 0.25) is 0 Å². The first kappa shape index (κ1) is 11.6. The molecule has 0 N–H and O–H groups in total. The number of hydrogen-bond donors (Lipinski definition) is 0. The summed E-state index contributed by atoms with van der Waals surface area (Å²) < 4.78 is 21.3. The second-order valence-electron chi connectivity index (χ2n) is 3.26. The van der Waals surface area contributed by atoms with Crippen LogP contribution in [0.5, 0.6) is 0 Å². The van der Waals surface area contributed by atoms with Crippen LogP contribution in [-0.4, -0.2) is 26.2 Å². The summed E-state index contributed by atoms with van der Waals surface area (Å²) in [6.45, 7) is 0. The zero-order valence-corrected chi connectivity index (χ0v) is 9.38. The topological polar surface area (TPSA) is 52.6 Å². The Labute approximate surface area is 83.8 Å². The van der Waals surface area contributed by atoms with E-state index >= 15 is 0 Å².